The molecular weight excluding hydrogens is 279 g/mol. The summed E-state index contributed by atoms with van der Waals surface area (Å²) in [6.07, 6.45) is 1.08. The highest BCUT2D eigenvalue weighted by molar-refractivity contribution is 6.00. The van der Waals surface area contributed by atoms with Crippen molar-refractivity contribution in [3.05, 3.63) is 29.3 Å². The summed E-state index contributed by atoms with van der Waals surface area (Å²) in [6, 6.07) is 3.50. The molecule has 3 N–H and O–H groups in total. The molecule has 1 heterocycles. The Bertz CT molecular complexity index is 503. The van der Waals surface area contributed by atoms with Gasteiger partial charge in [-0.15, -0.1) is 0 Å². The lowest BCUT2D eigenvalue weighted by atomic mass is 10.0. The van der Waals surface area contributed by atoms with E-state index in [9.17, 15) is 13.2 Å². The molecule has 0 aliphatic carbocycles. The predicted molar refractivity (Wildman–Crippen MR) is 77.8 cm³/mol. The fourth-order valence-electron chi connectivity index (χ4n) is 2.69. The van der Waals surface area contributed by atoms with Gasteiger partial charge in [0.25, 0.3) is 0 Å². The number of hydrogen-bond acceptors (Lipinski definition) is 2. The van der Waals surface area contributed by atoms with Crippen LogP contribution in [-0.2, 0) is 6.18 Å². The SMILES string of the molecule is N=C(N)c1cc(C(F)(F)F)ccc1N1CCCCCCC1. The van der Waals surface area contributed by atoms with Crippen molar-refractivity contribution >= 4 is 11.5 Å². The van der Waals surface area contributed by atoms with Crippen LogP contribution in [0.25, 0.3) is 0 Å². The zero-order valence-corrected chi connectivity index (χ0v) is 11.8. The minimum Gasteiger partial charge on any atom is -0.384 e. The zero-order valence-electron chi connectivity index (χ0n) is 11.8. The van der Waals surface area contributed by atoms with Crippen LogP contribution in [0.15, 0.2) is 18.2 Å². The van der Waals surface area contributed by atoms with Crippen LogP contribution < -0.4 is 10.6 Å². The molecule has 1 saturated heterocycles. The maximum atomic E-state index is 12.8. The first-order chi connectivity index (χ1) is 9.89. The third-order valence-electron chi connectivity index (χ3n) is 3.81. The molecule has 1 aliphatic heterocycles. The number of alkyl halides is 3. The number of amidine groups is 1. The summed E-state index contributed by atoms with van der Waals surface area (Å²) in [5, 5.41) is 7.58. The van der Waals surface area contributed by atoms with E-state index in [0.29, 0.717) is 5.69 Å². The number of nitrogens with two attached hydrogens (primary N) is 1. The molecule has 0 radical (unpaired) electrons. The molecule has 21 heavy (non-hydrogen) atoms. The van der Waals surface area contributed by atoms with E-state index >= 15 is 0 Å². The third kappa shape index (κ3) is 3.89. The highest BCUT2D eigenvalue weighted by Crippen LogP contribution is 2.33. The second-order valence-corrected chi connectivity index (χ2v) is 5.40. The molecule has 0 unspecified atom stereocenters. The molecule has 0 bridgehead atoms. The van der Waals surface area contributed by atoms with Gasteiger partial charge in [-0.1, -0.05) is 19.3 Å². The van der Waals surface area contributed by atoms with E-state index in [4.69, 9.17) is 11.1 Å². The van der Waals surface area contributed by atoms with Crippen molar-refractivity contribution in [2.24, 2.45) is 5.73 Å². The Hall–Kier alpha value is -1.72. The Kier molecular flexibility index (Phi) is 4.75. The molecule has 0 atom stereocenters. The molecule has 1 fully saturated rings. The quantitative estimate of drug-likeness (QED) is 0.645. The number of rotatable bonds is 2. The van der Waals surface area contributed by atoms with Gasteiger partial charge in [0, 0.05) is 24.3 Å². The van der Waals surface area contributed by atoms with E-state index in [1.807, 2.05) is 0 Å². The van der Waals surface area contributed by atoms with Gasteiger partial charge < -0.3 is 10.6 Å². The van der Waals surface area contributed by atoms with E-state index in [1.165, 1.54) is 12.5 Å². The summed E-state index contributed by atoms with van der Waals surface area (Å²) < 4.78 is 38.4. The standard InChI is InChI=1S/C15H20F3N3/c16-15(17,18)11-6-7-13(12(10-11)14(19)20)21-8-4-2-1-3-5-9-21/h6-7,10H,1-5,8-9H2,(H3,19,20). The fraction of sp³-hybridized carbons (Fsp3) is 0.533. The van der Waals surface area contributed by atoms with Crippen LogP contribution in [0.2, 0.25) is 0 Å². The van der Waals surface area contributed by atoms with E-state index in [-0.39, 0.29) is 11.4 Å². The van der Waals surface area contributed by atoms with Crippen molar-refractivity contribution in [2.45, 2.75) is 38.3 Å². The number of nitrogen functional groups attached to an aromatic ring is 1. The molecule has 1 aromatic carbocycles. The van der Waals surface area contributed by atoms with Crippen LogP contribution in [0.5, 0.6) is 0 Å². The highest BCUT2D eigenvalue weighted by Gasteiger charge is 2.31. The van der Waals surface area contributed by atoms with Crippen molar-refractivity contribution in [3.63, 3.8) is 0 Å². The van der Waals surface area contributed by atoms with E-state index in [2.05, 4.69) is 4.90 Å². The summed E-state index contributed by atoms with van der Waals surface area (Å²) in [6.45, 7) is 1.59. The van der Waals surface area contributed by atoms with Gasteiger partial charge in [0.15, 0.2) is 0 Å². The highest BCUT2D eigenvalue weighted by atomic mass is 19.4. The third-order valence-corrected chi connectivity index (χ3v) is 3.81. The summed E-state index contributed by atoms with van der Waals surface area (Å²) in [7, 11) is 0. The van der Waals surface area contributed by atoms with Gasteiger partial charge in [-0.3, -0.25) is 5.41 Å². The molecule has 116 valence electrons. The second kappa shape index (κ2) is 6.37. The van der Waals surface area contributed by atoms with Gasteiger partial charge in [-0.25, -0.2) is 0 Å². The van der Waals surface area contributed by atoms with Crippen molar-refractivity contribution in [1.82, 2.24) is 0 Å². The van der Waals surface area contributed by atoms with Crippen LogP contribution in [0, 0.1) is 5.41 Å². The molecule has 1 aliphatic rings. The van der Waals surface area contributed by atoms with E-state index in [1.54, 1.807) is 0 Å². The average molecular weight is 299 g/mol. The molecule has 0 spiro atoms. The molecule has 1 aromatic rings. The molecular formula is C15H20F3N3. The number of hydrogen-bond donors (Lipinski definition) is 2. The van der Waals surface area contributed by atoms with Crippen LogP contribution in [0.1, 0.15) is 43.2 Å². The Labute approximate surface area is 122 Å². The van der Waals surface area contributed by atoms with Gasteiger partial charge >= 0.3 is 6.18 Å². The van der Waals surface area contributed by atoms with Gasteiger partial charge in [-0.05, 0) is 31.0 Å². The van der Waals surface area contributed by atoms with Crippen molar-refractivity contribution < 1.29 is 13.2 Å². The first kappa shape index (κ1) is 15.7. The Morgan fingerprint density at radius 3 is 2.14 bits per heavy atom. The zero-order chi connectivity index (χ0) is 15.5. The molecule has 3 nitrogen and oxygen atoms in total. The molecule has 6 heteroatoms. The topological polar surface area (TPSA) is 53.1 Å². The number of benzene rings is 1. The minimum absolute atomic E-state index is 0.172. The lowest BCUT2D eigenvalue weighted by Gasteiger charge is -2.29. The number of halogens is 3. The molecule has 2 rings (SSSR count). The number of anilines is 1. The monoisotopic (exact) mass is 299 g/mol. The van der Waals surface area contributed by atoms with Gasteiger partial charge in [0.2, 0.25) is 0 Å². The molecule has 0 saturated carbocycles. The molecule has 0 aromatic heterocycles. The van der Waals surface area contributed by atoms with Crippen LogP contribution in [-0.4, -0.2) is 18.9 Å². The van der Waals surface area contributed by atoms with Gasteiger partial charge in [0.05, 0.1) is 5.56 Å². The van der Waals surface area contributed by atoms with Crippen LogP contribution >= 0.6 is 0 Å². The fourth-order valence-corrected chi connectivity index (χ4v) is 2.69. The van der Waals surface area contributed by atoms with Gasteiger partial charge in [-0.2, -0.15) is 13.2 Å². The predicted octanol–water partition coefficient (Wildman–Crippen LogP) is 3.76. The van der Waals surface area contributed by atoms with Crippen LogP contribution in [0.4, 0.5) is 18.9 Å². The van der Waals surface area contributed by atoms with Crippen molar-refractivity contribution in [3.8, 4) is 0 Å². The minimum atomic E-state index is -4.42. The number of nitrogens with one attached hydrogen (secondary N) is 1. The Morgan fingerprint density at radius 1 is 1.05 bits per heavy atom. The van der Waals surface area contributed by atoms with Crippen LogP contribution in [0.3, 0.4) is 0 Å². The Morgan fingerprint density at radius 2 is 1.62 bits per heavy atom. The van der Waals surface area contributed by atoms with E-state index in [0.717, 1.165) is 50.9 Å². The van der Waals surface area contributed by atoms with Crippen molar-refractivity contribution in [1.29, 1.82) is 5.41 Å². The normalized spacial score (nSPS) is 17.2. The van der Waals surface area contributed by atoms with E-state index < -0.39 is 11.7 Å². The summed E-state index contributed by atoms with van der Waals surface area (Å²) >= 11 is 0. The lowest BCUT2D eigenvalue weighted by molar-refractivity contribution is -0.137. The number of nitrogens with zero attached hydrogens (tertiary/aromatic N) is 1. The maximum Gasteiger partial charge on any atom is 0.416 e. The summed E-state index contributed by atoms with van der Waals surface area (Å²) in [5.41, 5.74) is 5.54. The largest absolute Gasteiger partial charge is 0.416 e. The molecule has 0 amide bonds. The van der Waals surface area contributed by atoms with Crippen molar-refractivity contribution in [2.75, 3.05) is 18.0 Å². The first-order valence-electron chi connectivity index (χ1n) is 7.20. The summed E-state index contributed by atoms with van der Waals surface area (Å²) in [4.78, 5) is 2.05. The Balaban J connectivity index is 2.35. The smallest absolute Gasteiger partial charge is 0.384 e. The maximum absolute atomic E-state index is 12.8. The second-order valence-electron chi connectivity index (χ2n) is 5.40. The van der Waals surface area contributed by atoms with Gasteiger partial charge in [0.1, 0.15) is 5.84 Å². The average Bonchev–Trinajstić information content (AvgIpc) is 2.36. The summed E-state index contributed by atoms with van der Waals surface area (Å²) in [5.74, 6) is -0.321. The lowest BCUT2D eigenvalue weighted by Crippen LogP contribution is -2.30. The first-order valence-corrected chi connectivity index (χ1v) is 7.20.